The van der Waals surface area contributed by atoms with E-state index in [0.29, 0.717) is 6.10 Å². The van der Waals surface area contributed by atoms with E-state index in [1.54, 1.807) is 0 Å². The molecule has 1 heterocycles. The van der Waals surface area contributed by atoms with Gasteiger partial charge in [-0.3, -0.25) is 4.90 Å². The van der Waals surface area contributed by atoms with E-state index in [2.05, 4.69) is 17.9 Å². The molecule has 1 aromatic carbocycles. The minimum Gasteiger partial charge on any atom is -0.376 e. The van der Waals surface area contributed by atoms with Crippen molar-refractivity contribution < 1.29 is 4.74 Å². The van der Waals surface area contributed by atoms with E-state index in [-0.39, 0.29) is 0 Å². The molecule has 1 saturated heterocycles. The van der Waals surface area contributed by atoms with E-state index in [1.807, 2.05) is 24.3 Å². The number of nitrogens with zero attached hydrogens (tertiary/aromatic N) is 2. The van der Waals surface area contributed by atoms with Crippen LogP contribution in [0.5, 0.6) is 0 Å². The van der Waals surface area contributed by atoms with Gasteiger partial charge in [0.15, 0.2) is 0 Å². The van der Waals surface area contributed by atoms with Gasteiger partial charge in [0, 0.05) is 19.6 Å². The largest absolute Gasteiger partial charge is 0.376 e. The van der Waals surface area contributed by atoms with Crippen molar-refractivity contribution in [3.63, 3.8) is 0 Å². The van der Waals surface area contributed by atoms with Crippen LogP contribution in [0.1, 0.15) is 24.5 Å². The summed E-state index contributed by atoms with van der Waals surface area (Å²) >= 11 is 0. The van der Waals surface area contributed by atoms with Crippen LogP contribution in [0, 0.1) is 11.3 Å². The molecule has 3 nitrogen and oxygen atoms in total. The van der Waals surface area contributed by atoms with Crippen LogP contribution in [0.4, 0.5) is 0 Å². The summed E-state index contributed by atoms with van der Waals surface area (Å²) in [5.74, 6) is 0. The summed E-state index contributed by atoms with van der Waals surface area (Å²) in [5, 5.41) is 8.74. The van der Waals surface area contributed by atoms with Gasteiger partial charge in [-0.05, 0) is 24.1 Å². The third-order valence-corrected chi connectivity index (χ3v) is 3.17. The molecule has 1 fully saturated rings. The SMILES string of the molecule is CCC1CN(Cc2ccc(C#N)cc2)CCO1. The Morgan fingerprint density at radius 2 is 2.18 bits per heavy atom. The molecule has 17 heavy (non-hydrogen) atoms. The van der Waals surface area contributed by atoms with Crippen molar-refractivity contribution in [1.29, 1.82) is 5.26 Å². The van der Waals surface area contributed by atoms with Crippen LogP contribution in [-0.2, 0) is 11.3 Å². The van der Waals surface area contributed by atoms with Crippen LogP contribution in [0.2, 0.25) is 0 Å². The zero-order valence-electron chi connectivity index (χ0n) is 10.2. The normalized spacial score (nSPS) is 21.1. The van der Waals surface area contributed by atoms with E-state index in [4.69, 9.17) is 10.00 Å². The lowest BCUT2D eigenvalue weighted by Crippen LogP contribution is -2.41. The second-order valence-corrected chi connectivity index (χ2v) is 4.44. The Hall–Kier alpha value is -1.37. The Morgan fingerprint density at radius 1 is 1.41 bits per heavy atom. The summed E-state index contributed by atoms with van der Waals surface area (Å²) in [5.41, 5.74) is 1.99. The molecular weight excluding hydrogens is 212 g/mol. The molecule has 1 unspecified atom stereocenters. The monoisotopic (exact) mass is 230 g/mol. The Morgan fingerprint density at radius 3 is 2.82 bits per heavy atom. The van der Waals surface area contributed by atoms with Crippen LogP contribution in [0.25, 0.3) is 0 Å². The van der Waals surface area contributed by atoms with Crippen molar-refractivity contribution in [3.05, 3.63) is 35.4 Å². The highest BCUT2D eigenvalue weighted by Gasteiger charge is 2.18. The molecule has 0 bridgehead atoms. The van der Waals surface area contributed by atoms with Crippen molar-refractivity contribution in [3.8, 4) is 6.07 Å². The second kappa shape index (κ2) is 5.81. The number of ether oxygens (including phenoxy) is 1. The first-order chi connectivity index (χ1) is 8.31. The maximum absolute atomic E-state index is 8.74. The summed E-state index contributed by atoms with van der Waals surface area (Å²) in [7, 11) is 0. The fourth-order valence-electron chi connectivity index (χ4n) is 2.11. The third-order valence-electron chi connectivity index (χ3n) is 3.17. The zero-order chi connectivity index (χ0) is 12.1. The average molecular weight is 230 g/mol. The van der Waals surface area contributed by atoms with Crippen molar-refractivity contribution in [2.75, 3.05) is 19.7 Å². The molecule has 2 rings (SSSR count). The highest BCUT2D eigenvalue weighted by Crippen LogP contribution is 2.12. The van der Waals surface area contributed by atoms with Gasteiger partial charge in [-0.1, -0.05) is 19.1 Å². The van der Waals surface area contributed by atoms with Crippen LogP contribution in [-0.4, -0.2) is 30.7 Å². The van der Waals surface area contributed by atoms with E-state index >= 15 is 0 Å². The van der Waals surface area contributed by atoms with Gasteiger partial charge in [-0.15, -0.1) is 0 Å². The average Bonchev–Trinajstić information content (AvgIpc) is 2.40. The van der Waals surface area contributed by atoms with Gasteiger partial charge in [0.25, 0.3) is 0 Å². The van der Waals surface area contributed by atoms with E-state index in [0.717, 1.165) is 38.2 Å². The first-order valence-electron chi connectivity index (χ1n) is 6.15. The molecule has 0 saturated carbocycles. The number of morpholine rings is 1. The number of hydrogen-bond donors (Lipinski definition) is 0. The van der Waals surface area contributed by atoms with Crippen molar-refractivity contribution >= 4 is 0 Å². The van der Waals surface area contributed by atoms with Crippen LogP contribution in [0.3, 0.4) is 0 Å². The molecule has 0 aliphatic carbocycles. The molecule has 1 aliphatic heterocycles. The lowest BCUT2D eigenvalue weighted by atomic mass is 10.1. The van der Waals surface area contributed by atoms with Crippen molar-refractivity contribution in [2.24, 2.45) is 0 Å². The van der Waals surface area contributed by atoms with Gasteiger partial charge in [0.1, 0.15) is 0 Å². The van der Waals surface area contributed by atoms with Crippen molar-refractivity contribution in [1.82, 2.24) is 4.90 Å². The van der Waals surface area contributed by atoms with Crippen LogP contribution >= 0.6 is 0 Å². The second-order valence-electron chi connectivity index (χ2n) is 4.44. The summed E-state index contributed by atoms with van der Waals surface area (Å²) in [4.78, 5) is 2.42. The predicted octanol–water partition coefficient (Wildman–Crippen LogP) is 2.17. The summed E-state index contributed by atoms with van der Waals surface area (Å²) in [6.07, 6.45) is 1.45. The maximum atomic E-state index is 8.74. The Labute approximate surface area is 103 Å². The van der Waals surface area contributed by atoms with Gasteiger partial charge in [0.2, 0.25) is 0 Å². The lowest BCUT2D eigenvalue weighted by Gasteiger charge is -2.32. The molecule has 0 amide bonds. The summed E-state index contributed by atoms with van der Waals surface area (Å²) in [6, 6.07) is 9.98. The standard InChI is InChI=1S/C14H18N2O/c1-2-14-11-16(7-8-17-14)10-13-5-3-12(9-15)4-6-13/h3-6,14H,2,7-8,10-11H2,1H3. The molecule has 0 aromatic heterocycles. The first kappa shape index (κ1) is 12.1. The van der Waals surface area contributed by atoms with Crippen molar-refractivity contribution in [2.45, 2.75) is 26.0 Å². The summed E-state index contributed by atoms with van der Waals surface area (Å²) < 4.78 is 5.65. The fourth-order valence-corrected chi connectivity index (χ4v) is 2.11. The summed E-state index contributed by atoms with van der Waals surface area (Å²) in [6.45, 7) is 5.95. The van der Waals surface area contributed by atoms with E-state index in [1.165, 1.54) is 5.56 Å². The van der Waals surface area contributed by atoms with Gasteiger partial charge in [-0.2, -0.15) is 5.26 Å². The Kier molecular flexibility index (Phi) is 4.13. The number of hydrogen-bond acceptors (Lipinski definition) is 3. The molecule has 1 atom stereocenters. The number of nitriles is 1. The fraction of sp³-hybridized carbons (Fsp3) is 0.500. The van der Waals surface area contributed by atoms with Gasteiger partial charge < -0.3 is 4.74 Å². The number of rotatable bonds is 3. The quantitative estimate of drug-likeness (QED) is 0.798. The van der Waals surface area contributed by atoms with E-state index in [9.17, 15) is 0 Å². The lowest BCUT2D eigenvalue weighted by molar-refractivity contribution is -0.0324. The minimum absolute atomic E-state index is 0.377. The topological polar surface area (TPSA) is 36.3 Å². The van der Waals surface area contributed by atoms with Gasteiger partial charge >= 0.3 is 0 Å². The van der Waals surface area contributed by atoms with Crippen LogP contribution < -0.4 is 0 Å². The maximum Gasteiger partial charge on any atom is 0.0991 e. The highest BCUT2D eigenvalue weighted by molar-refractivity contribution is 5.31. The molecule has 1 aromatic rings. The van der Waals surface area contributed by atoms with E-state index < -0.39 is 0 Å². The molecular formula is C14H18N2O. The Balaban J connectivity index is 1.93. The highest BCUT2D eigenvalue weighted by atomic mass is 16.5. The minimum atomic E-state index is 0.377. The molecule has 0 N–H and O–H groups in total. The molecule has 90 valence electrons. The zero-order valence-corrected chi connectivity index (χ0v) is 10.2. The van der Waals surface area contributed by atoms with Crippen LogP contribution in [0.15, 0.2) is 24.3 Å². The molecule has 3 heteroatoms. The first-order valence-corrected chi connectivity index (χ1v) is 6.15. The Bertz CT molecular complexity index is 394. The smallest absolute Gasteiger partial charge is 0.0991 e. The van der Waals surface area contributed by atoms with Gasteiger partial charge in [-0.25, -0.2) is 0 Å². The van der Waals surface area contributed by atoms with Gasteiger partial charge in [0.05, 0.1) is 24.3 Å². The predicted molar refractivity (Wildman–Crippen MR) is 66.5 cm³/mol. The third kappa shape index (κ3) is 3.29. The molecule has 0 radical (unpaired) electrons. The number of benzene rings is 1. The molecule has 0 spiro atoms. The molecule has 1 aliphatic rings.